The second-order valence-electron chi connectivity index (χ2n) is 4.88. The van der Waals surface area contributed by atoms with Crippen LogP contribution < -0.4 is 10.1 Å². The highest BCUT2D eigenvalue weighted by Gasteiger charge is 2.19. The van der Waals surface area contributed by atoms with E-state index in [1.165, 1.54) is 18.4 Å². The fourth-order valence-corrected chi connectivity index (χ4v) is 2.99. The average Bonchev–Trinajstić information content (AvgIpc) is 2.43. The van der Waals surface area contributed by atoms with E-state index < -0.39 is 0 Å². The summed E-state index contributed by atoms with van der Waals surface area (Å²) in [6, 6.07) is 6.84. The van der Waals surface area contributed by atoms with Crippen molar-refractivity contribution in [2.45, 2.75) is 46.1 Å². The van der Waals surface area contributed by atoms with E-state index in [-0.39, 0.29) is 0 Å². The fourth-order valence-electron chi connectivity index (χ4n) is 2.47. The first-order valence-corrected chi connectivity index (χ1v) is 8.06. The van der Waals surface area contributed by atoms with Gasteiger partial charge in [-0.2, -0.15) is 0 Å². The number of benzene rings is 1. The van der Waals surface area contributed by atoms with Gasteiger partial charge in [0.2, 0.25) is 0 Å². The second-order valence-corrected chi connectivity index (χ2v) is 5.74. The van der Waals surface area contributed by atoms with Crippen LogP contribution in [-0.2, 0) is 0 Å². The smallest absolute Gasteiger partial charge is 0.133 e. The van der Waals surface area contributed by atoms with E-state index in [4.69, 9.17) is 4.74 Å². The molecule has 0 aliphatic carbocycles. The maximum Gasteiger partial charge on any atom is 0.133 e. The summed E-state index contributed by atoms with van der Waals surface area (Å²) in [5.74, 6) is 1.60. The molecule has 0 saturated carbocycles. The van der Waals surface area contributed by atoms with Gasteiger partial charge in [0.05, 0.1) is 11.1 Å². The topological polar surface area (TPSA) is 21.3 Å². The van der Waals surface area contributed by atoms with Crippen LogP contribution in [0.2, 0.25) is 0 Å². The third kappa shape index (κ3) is 4.50. The lowest BCUT2D eigenvalue weighted by Gasteiger charge is -2.26. The Kier molecular flexibility index (Phi) is 7.47. The summed E-state index contributed by atoms with van der Waals surface area (Å²) in [7, 11) is 2.04. The van der Waals surface area contributed by atoms with E-state index in [1.54, 1.807) is 0 Å². The van der Waals surface area contributed by atoms with Gasteiger partial charge in [0.1, 0.15) is 5.75 Å². The molecular weight excluding hydrogens is 302 g/mol. The summed E-state index contributed by atoms with van der Waals surface area (Å²) < 4.78 is 6.75. The Hall–Kier alpha value is -0.540. The van der Waals surface area contributed by atoms with Crippen molar-refractivity contribution >= 4 is 15.9 Å². The largest absolute Gasteiger partial charge is 0.492 e. The van der Waals surface area contributed by atoms with Crippen molar-refractivity contribution in [3.8, 4) is 5.75 Å². The Morgan fingerprint density at radius 3 is 2.37 bits per heavy atom. The van der Waals surface area contributed by atoms with Gasteiger partial charge < -0.3 is 10.1 Å². The maximum absolute atomic E-state index is 5.70. The molecule has 0 amide bonds. The standard InChI is InChI=1S/C16H26BrNO/c1-5-10-19-15-9-8-13(11-14(15)17)16(18-4)12(6-2)7-3/h8-9,11-12,16,18H,5-7,10H2,1-4H3. The number of rotatable bonds is 8. The van der Waals surface area contributed by atoms with E-state index in [0.717, 1.165) is 23.2 Å². The molecule has 0 aliphatic heterocycles. The zero-order valence-electron chi connectivity index (χ0n) is 12.5. The van der Waals surface area contributed by atoms with Gasteiger partial charge in [-0.3, -0.25) is 0 Å². The van der Waals surface area contributed by atoms with Crippen LogP contribution in [0.5, 0.6) is 5.75 Å². The Bertz CT molecular complexity index is 377. The highest BCUT2D eigenvalue weighted by Crippen LogP contribution is 2.32. The van der Waals surface area contributed by atoms with Crippen molar-refractivity contribution < 1.29 is 4.74 Å². The Morgan fingerprint density at radius 1 is 1.21 bits per heavy atom. The third-order valence-corrected chi connectivity index (χ3v) is 4.23. The van der Waals surface area contributed by atoms with Gasteiger partial charge in [-0.05, 0) is 53.0 Å². The van der Waals surface area contributed by atoms with E-state index in [9.17, 15) is 0 Å². The quantitative estimate of drug-likeness (QED) is 0.730. The zero-order valence-corrected chi connectivity index (χ0v) is 14.1. The number of halogens is 1. The van der Waals surface area contributed by atoms with E-state index in [1.807, 2.05) is 7.05 Å². The molecule has 108 valence electrons. The van der Waals surface area contributed by atoms with Gasteiger partial charge in [0.15, 0.2) is 0 Å². The van der Waals surface area contributed by atoms with E-state index in [2.05, 4.69) is 60.2 Å². The molecule has 0 radical (unpaired) electrons. The summed E-state index contributed by atoms with van der Waals surface area (Å²) >= 11 is 3.62. The first-order valence-electron chi connectivity index (χ1n) is 7.27. The Balaban J connectivity index is 2.91. The third-order valence-electron chi connectivity index (χ3n) is 3.61. The van der Waals surface area contributed by atoms with E-state index in [0.29, 0.717) is 12.0 Å². The lowest BCUT2D eigenvalue weighted by molar-refractivity contribution is 0.314. The molecule has 1 rings (SSSR count). The molecule has 1 aromatic rings. The van der Waals surface area contributed by atoms with Gasteiger partial charge in [-0.15, -0.1) is 0 Å². The monoisotopic (exact) mass is 327 g/mol. The van der Waals surface area contributed by atoms with Crippen molar-refractivity contribution in [2.75, 3.05) is 13.7 Å². The molecule has 2 nitrogen and oxygen atoms in total. The first-order chi connectivity index (χ1) is 9.17. The number of ether oxygens (including phenoxy) is 1. The van der Waals surface area contributed by atoms with Gasteiger partial charge in [0, 0.05) is 6.04 Å². The molecule has 0 aliphatic rings. The summed E-state index contributed by atoms with van der Waals surface area (Å²) in [6.07, 6.45) is 3.41. The summed E-state index contributed by atoms with van der Waals surface area (Å²) in [5.41, 5.74) is 1.33. The minimum absolute atomic E-state index is 0.409. The lowest BCUT2D eigenvalue weighted by Crippen LogP contribution is -2.24. The lowest BCUT2D eigenvalue weighted by atomic mass is 9.89. The van der Waals surface area contributed by atoms with Crippen LogP contribution in [0.15, 0.2) is 22.7 Å². The predicted molar refractivity (Wildman–Crippen MR) is 85.8 cm³/mol. The molecule has 0 spiro atoms. The average molecular weight is 328 g/mol. The minimum atomic E-state index is 0.409. The van der Waals surface area contributed by atoms with Gasteiger partial charge >= 0.3 is 0 Å². The van der Waals surface area contributed by atoms with E-state index >= 15 is 0 Å². The van der Waals surface area contributed by atoms with Crippen LogP contribution in [0.4, 0.5) is 0 Å². The molecular formula is C16H26BrNO. The summed E-state index contributed by atoms with van der Waals surface area (Å²) in [4.78, 5) is 0. The fraction of sp³-hybridized carbons (Fsp3) is 0.625. The molecule has 19 heavy (non-hydrogen) atoms. The second kappa shape index (κ2) is 8.60. The Labute approximate surface area is 126 Å². The van der Waals surface area contributed by atoms with Crippen molar-refractivity contribution in [3.05, 3.63) is 28.2 Å². The van der Waals surface area contributed by atoms with Crippen LogP contribution in [-0.4, -0.2) is 13.7 Å². The highest BCUT2D eigenvalue weighted by molar-refractivity contribution is 9.10. The molecule has 1 aromatic carbocycles. The molecule has 1 unspecified atom stereocenters. The minimum Gasteiger partial charge on any atom is -0.492 e. The molecule has 0 saturated heterocycles. The molecule has 3 heteroatoms. The van der Waals surface area contributed by atoms with Crippen LogP contribution in [0.1, 0.15) is 51.6 Å². The SMILES string of the molecule is CCCOc1ccc(C(NC)C(CC)CC)cc1Br. The first kappa shape index (κ1) is 16.5. The molecule has 1 N–H and O–H groups in total. The summed E-state index contributed by atoms with van der Waals surface area (Å²) in [6.45, 7) is 7.39. The van der Waals surface area contributed by atoms with Gasteiger partial charge in [0.25, 0.3) is 0 Å². The Morgan fingerprint density at radius 2 is 1.89 bits per heavy atom. The number of hydrogen-bond acceptors (Lipinski definition) is 2. The zero-order chi connectivity index (χ0) is 14.3. The van der Waals surface area contributed by atoms with Gasteiger partial charge in [-0.1, -0.05) is 39.7 Å². The molecule has 0 heterocycles. The van der Waals surface area contributed by atoms with Gasteiger partial charge in [-0.25, -0.2) is 0 Å². The molecule has 0 fully saturated rings. The number of nitrogens with one attached hydrogen (secondary N) is 1. The highest BCUT2D eigenvalue weighted by atomic mass is 79.9. The number of hydrogen-bond donors (Lipinski definition) is 1. The van der Waals surface area contributed by atoms with Crippen LogP contribution >= 0.6 is 15.9 Å². The summed E-state index contributed by atoms with van der Waals surface area (Å²) in [5, 5.41) is 3.45. The molecule has 0 bridgehead atoms. The normalized spacial score (nSPS) is 12.7. The molecule has 1 atom stereocenters. The van der Waals surface area contributed by atoms with Crippen LogP contribution in [0.3, 0.4) is 0 Å². The van der Waals surface area contributed by atoms with Crippen molar-refractivity contribution in [1.29, 1.82) is 0 Å². The van der Waals surface area contributed by atoms with Crippen LogP contribution in [0, 0.1) is 5.92 Å². The van der Waals surface area contributed by atoms with Crippen molar-refractivity contribution in [3.63, 3.8) is 0 Å². The molecule has 0 aromatic heterocycles. The van der Waals surface area contributed by atoms with Crippen molar-refractivity contribution in [2.24, 2.45) is 5.92 Å². The predicted octanol–water partition coefficient (Wildman–Crippen LogP) is 4.93. The van der Waals surface area contributed by atoms with Crippen molar-refractivity contribution in [1.82, 2.24) is 5.32 Å². The maximum atomic E-state index is 5.70. The van der Waals surface area contributed by atoms with Crippen LogP contribution in [0.25, 0.3) is 0 Å².